The van der Waals surface area contributed by atoms with Crippen LogP contribution in [0.15, 0.2) is 47.1 Å². The van der Waals surface area contributed by atoms with E-state index < -0.39 is 17.6 Å². The molecule has 1 amide bonds. The quantitative estimate of drug-likeness (QED) is 0.789. The fourth-order valence-corrected chi connectivity index (χ4v) is 1.86. The molecule has 0 spiro atoms. The van der Waals surface area contributed by atoms with E-state index in [0.717, 1.165) is 16.9 Å². The maximum Gasteiger partial charge on any atom is 0.416 e. The number of carbonyl (C=O) groups is 1. The van der Waals surface area contributed by atoms with Crippen LogP contribution in [0, 0.1) is 0 Å². The number of amides is 1. The molecule has 124 valence electrons. The number of tetrazole rings is 1. The molecule has 0 atom stereocenters. The van der Waals surface area contributed by atoms with E-state index in [2.05, 4.69) is 20.7 Å². The summed E-state index contributed by atoms with van der Waals surface area (Å²) in [5.41, 5.74) is -0.539. The molecule has 0 fully saturated rings. The Morgan fingerprint density at radius 2 is 1.96 bits per heavy atom. The highest BCUT2D eigenvalue weighted by atomic mass is 19.4. The minimum absolute atomic E-state index is 0.153. The number of carbonyl (C=O) groups excluding carboxylic acids is 1. The van der Waals surface area contributed by atoms with Crippen LogP contribution in [0.4, 0.5) is 13.2 Å². The second-order valence-electron chi connectivity index (χ2n) is 4.71. The maximum absolute atomic E-state index is 12.5. The highest BCUT2D eigenvalue weighted by Gasteiger charge is 2.30. The summed E-state index contributed by atoms with van der Waals surface area (Å²) >= 11 is 0. The van der Waals surface area contributed by atoms with Gasteiger partial charge in [-0.2, -0.15) is 13.2 Å². The van der Waals surface area contributed by atoms with Crippen molar-refractivity contribution in [3.05, 3.63) is 59.8 Å². The molecule has 10 heteroatoms. The van der Waals surface area contributed by atoms with Crippen LogP contribution in [0.5, 0.6) is 0 Å². The van der Waals surface area contributed by atoms with Crippen LogP contribution in [-0.4, -0.2) is 26.1 Å². The Bertz CT molecular complexity index is 825. The normalized spacial score (nSPS) is 11.5. The fraction of sp³-hybridized carbons (Fsp3) is 0.143. The average Bonchev–Trinajstić information content (AvgIpc) is 3.23. The highest BCUT2D eigenvalue weighted by molar-refractivity contribution is 5.90. The third-order valence-corrected chi connectivity index (χ3v) is 3.05. The molecule has 0 aliphatic carbocycles. The maximum atomic E-state index is 12.5. The summed E-state index contributed by atoms with van der Waals surface area (Å²) in [7, 11) is 0. The second-order valence-corrected chi connectivity index (χ2v) is 4.71. The summed E-state index contributed by atoms with van der Waals surface area (Å²) < 4.78 is 42.6. The first-order chi connectivity index (χ1) is 11.4. The van der Waals surface area contributed by atoms with E-state index in [-0.39, 0.29) is 18.1 Å². The third kappa shape index (κ3) is 3.42. The van der Waals surface area contributed by atoms with Crippen molar-refractivity contribution in [3.63, 3.8) is 0 Å². The fourth-order valence-electron chi connectivity index (χ4n) is 1.86. The third-order valence-electron chi connectivity index (χ3n) is 3.05. The molecule has 24 heavy (non-hydrogen) atoms. The molecule has 0 saturated heterocycles. The number of hydrogen-bond acceptors (Lipinski definition) is 5. The van der Waals surface area contributed by atoms with Gasteiger partial charge in [0.05, 0.1) is 24.1 Å². The topological polar surface area (TPSA) is 85.8 Å². The average molecular weight is 337 g/mol. The van der Waals surface area contributed by atoms with Gasteiger partial charge in [0, 0.05) is 0 Å². The smallest absolute Gasteiger partial charge is 0.416 e. The Kier molecular flexibility index (Phi) is 4.02. The van der Waals surface area contributed by atoms with E-state index in [4.69, 9.17) is 4.42 Å². The van der Waals surface area contributed by atoms with Crippen LogP contribution in [0.25, 0.3) is 5.69 Å². The Morgan fingerprint density at radius 3 is 2.58 bits per heavy atom. The van der Waals surface area contributed by atoms with Crippen molar-refractivity contribution in [1.29, 1.82) is 0 Å². The van der Waals surface area contributed by atoms with E-state index in [1.54, 1.807) is 12.1 Å². The number of alkyl halides is 3. The summed E-state index contributed by atoms with van der Waals surface area (Å²) in [6, 6.07) is 7.54. The number of rotatable bonds is 4. The molecule has 1 N–H and O–H groups in total. The molecule has 0 unspecified atom stereocenters. The van der Waals surface area contributed by atoms with Crippen molar-refractivity contribution < 1.29 is 22.4 Å². The molecular weight excluding hydrogens is 327 g/mol. The van der Waals surface area contributed by atoms with Crippen LogP contribution < -0.4 is 5.32 Å². The molecule has 7 nitrogen and oxygen atoms in total. The number of hydrogen-bond donors (Lipinski definition) is 1. The van der Waals surface area contributed by atoms with Gasteiger partial charge in [-0.1, -0.05) is 0 Å². The van der Waals surface area contributed by atoms with Crippen molar-refractivity contribution in [2.45, 2.75) is 12.7 Å². The molecular formula is C14H10F3N5O2. The minimum atomic E-state index is -4.43. The van der Waals surface area contributed by atoms with Crippen molar-refractivity contribution in [3.8, 4) is 5.69 Å². The molecule has 0 aliphatic rings. The van der Waals surface area contributed by atoms with Crippen LogP contribution in [0.1, 0.15) is 21.9 Å². The highest BCUT2D eigenvalue weighted by Crippen LogP contribution is 2.29. The minimum Gasteiger partial charge on any atom is -0.467 e. The number of benzene rings is 1. The first-order valence-corrected chi connectivity index (χ1v) is 6.72. The first kappa shape index (κ1) is 15.7. The summed E-state index contributed by atoms with van der Waals surface area (Å²) in [6.45, 7) is 0.153. The van der Waals surface area contributed by atoms with E-state index in [9.17, 15) is 18.0 Å². The SMILES string of the molecule is O=C(NCc1ccco1)c1nnn(-c2ccc(C(F)(F)F)cc2)n1. The molecule has 0 aliphatic heterocycles. The summed E-state index contributed by atoms with van der Waals surface area (Å²) in [5.74, 6) is -0.232. The van der Waals surface area contributed by atoms with Crippen molar-refractivity contribution >= 4 is 5.91 Å². The van der Waals surface area contributed by atoms with Gasteiger partial charge in [0.25, 0.3) is 11.7 Å². The van der Waals surface area contributed by atoms with Crippen LogP contribution >= 0.6 is 0 Å². The number of halogens is 3. The van der Waals surface area contributed by atoms with Crippen molar-refractivity contribution in [1.82, 2.24) is 25.5 Å². The van der Waals surface area contributed by atoms with Crippen molar-refractivity contribution in [2.75, 3.05) is 0 Å². The number of aromatic nitrogens is 4. The molecule has 3 rings (SSSR count). The Labute approximate surface area is 133 Å². The molecule has 2 heterocycles. The molecule has 0 bridgehead atoms. The molecule has 3 aromatic rings. The summed E-state index contributed by atoms with van der Waals surface area (Å²) in [5, 5.41) is 13.6. The van der Waals surface area contributed by atoms with Gasteiger partial charge in [-0.15, -0.1) is 15.0 Å². The molecule has 0 radical (unpaired) electrons. The Balaban J connectivity index is 1.69. The van der Waals surface area contributed by atoms with E-state index in [1.165, 1.54) is 18.4 Å². The van der Waals surface area contributed by atoms with E-state index >= 15 is 0 Å². The largest absolute Gasteiger partial charge is 0.467 e. The van der Waals surface area contributed by atoms with Gasteiger partial charge in [0.1, 0.15) is 5.76 Å². The zero-order valence-electron chi connectivity index (χ0n) is 12.0. The van der Waals surface area contributed by atoms with Crippen LogP contribution in [0.2, 0.25) is 0 Å². The second kappa shape index (κ2) is 6.14. The lowest BCUT2D eigenvalue weighted by atomic mass is 10.2. The van der Waals surface area contributed by atoms with Gasteiger partial charge in [-0.05, 0) is 41.6 Å². The monoisotopic (exact) mass is 337 g/mol. The Morgan fingerprint density at radius 1 is 1.21 bits per heavy atom. The van der Waals surface area contributed by atoms with Gasteiger partial charge in [-0.25, -0.2) is 0 Å². The lowest BCUT2D eigenvalue weighted by Crippen LogP contribution is -2.24. The predicted octanol–water partition coefficient (Wildman–Crippen LogP) is 2.20. The molecule has 0 saturated carbocycles. The van der Waals surface area contributed by atoms with E-state index in [1.807, 2.05) is 0 Å². The number of nitrogens with one attached hydrogen (secondary N) is 1. The van der Waals surface area contributed by atoms with Gasteiger partial charge in [0.2, 0.25) is 0 Å². The molecule has 2 aromatic heterocycles. The lowest BCUT2D eigenvalue weighted by Gasteiger charge is -2.06. The first-order valence-electron chi connectivity index (χ1n) is 6.72. The number of furan rings is 1. The van der Waals surface area contributed by atoms with Crippen LogP contribution in [-0.2, 0) is 12.7 Å². The van der Waals surface area contributed by atoms with Gasteiger partial charge < -0.3 is 9.73 Å². The predicted molar refractivity (Wildman–Crippen MR) is 74.0 cm³/mol. The number of nitrogens with zero attached hydrogens (tertiary/aromatic N) is 4. The van der Waals surface area contributed by atoms with Gasteiger partial charge in [-0.3, -0.25) is 4.79 Å². The van der Waals surface area contributed by atoms with Crippen LogP contribution in [0.3, 0.4) is 0 Å². The van der Waals surface area contributed by atoms with Gasteiger partial charge in [0.15, 0.2) is 0 Å². The zero-order chi connectivity index (χ0) is 17.2. The van der Waals surface area contributed by atoms with E-state index in [0.29, 0.717) is 5.76 Å². The van der Waals surface area contributed by atoms with Crippen molar-refractivity contribution in [2.24, 2.45) is 0 Å². The zero-order valence-corrected chi connectivity index (χ0v) is 12.0. The lowest BCUT2D eigenvalue weighted by molar-refractivity contribution is -0.137. The Hall–Kier alpha value is -3.17. The summed E-state index contributed by atoms with van der Waals surface area (Å²) in [4.78, 5) is 12.9. The standard InChI is InChI=1S/C14H10F3N5O2/c15-14(16,17)9-3-5-10(6-4-9)22-20-12(19-21-22)13(23)18-8-11-2-1-7-24-11/h1-7H,8H2,(H,18,23). The van der Waals surface area contributed by atoms with Gasteiger partial charge >= 0.3 is 6.18 Å². The summed E-state index contributed by atoms with van der Waals surface area (Å²) in [6.07, 6.45) is -2.95. The molecule has 1 aromatic carbocycles.